The molecule has 5 nitrogen and oxygen atoms in total. The van der Waals surface area contributed by atoms with Crippen LogP contribution in [0.2, 0.25) is 0 Å². The third-order valence-corrected chi connectivity index (χ3v) is 4.43. The summed E-state index contributed by atoms with van der Waals surface area (Å²) in [5.41, 5.74) is -0.289. The Balaban J connectivity index is 2.31. The van der Waals surface area contributed by atoms with E-state index in [4.69, 9.17) is 9.47 Å². The number of allylic oxidation sites excluding steroid dienone is 1. The van der Waals surface area contributed by atoms with Crippen LogP contribution in [0.4, 0.5) is 13.2 Å². The molecule has 138 valence electrons. The smallest absolute Gasteiger partial charge is 0.337 e. The number of hydrogen-bond donors (Lipinski definition) is 1. The Labute approximate surface area is 147 Å². The van der Waals surface area contributed by atoms with Crippen molar-refractivity contribution in [2.75, 3.05) is 20.4 Å². The molecule has 1 aromatic carbocycles. The normalized spacial score (nSPS) is 20.5. The van der Waals surface area contributed by atoms with E-state index < -0.39 is 36.5 Å². The number of ether oxygens (including phenoxy) is 2. The highest BCUT2D eigenvalue weighted by atomic mass is 19.1. The van der Waals surface area contributed by atoms with E-state index in [0.717, 1.165) is 20.1 Å². The fraction of sp³-hybridized carbons (Fsp3) is 0.333. The molecule has 0 fully saturated rings. The Kier molecular flexibility index (Phi) is 4.76. The van der Waals surface area contributed by atoms with Crippen LogP contribution in [-0.4, -0.2) is 32.3 Å². The van der Waals surface area contributed by atoms with E-state index >= 15 is 0 Å². The van der Waals surface area contributed by atoms with Crippen LogP contribution in [0.1, 0.15) is 30.1 Å². The van der Waals surface area contributed by atoms with Gasteiger partial charge >= 0.3 is 11.9 Å². The summed E-state index contributed by atoms with van der Waals surface area (Å²) >= 11 is 0. The molecule has 2 aliphatic heterocycles. The van der Waals surface area contributed by atoms with Crippen LogP contribution in [0.15, 0.2) is 40.7 Å². The van der Waals surface area contributed by atoms with Crippen molar-refractivity contribution in [3.8, 4) is 0 Å². The summed E-state index contributed by atoms with van der Waals surface area (Å²) in [5, 5.41) is 2.67. The number of dihydropyridines is 1. The number of alkyl halides is 2. The lowest BCUT2D eigenvalue weighted by molar-refractivity contribution is -0.136. The molecule has 0 aliphatic carbocycles. The number of hydrogen-bond acceptors (Lipinski definition) is 5. The minimum absolute atomic E-state index is 0.0232. The summed E-state index contributed by atoms with van der Waals surface area (Å²) in [6, 6.07) is 3.82. The number of esters is 2. The van der Waals surface area contributed by atoms with Crippen LogP contribution < -0.4 is 5.32 Å². The predicted molar refractivity (Wildman–Crippen MR) is 84.8 cm³/mol. The minimum Gasteiger partial charge on any atom is -0.466 e. The summed E-state index contributed by atoms with van der Waals surface area (Å²) in [7, 11) is 1.10. The molecular formula is C18H16F3NO4. The molecule has 0 saturated carbocycles. The molecule has 0 radical (unpaired) electrons. The van der Waals surface area contributed by atoms with Crippen LogP contribution in [0.3, 0.4) is 0 Å². The first-order valence-corrected chi connectivity index (χ1v) is 7.87. The van der Waals surface area contributed by atoms with Crippen molar-refractivity contribution in [3.63, 3.8) is 0 Å². The molecule has 1 N–H and O–H groups in total. The molecule has 1 aromatic rings. The molecule has 8 heteroatoms. The van der Waals surface area contributed by atoms with Gasteiger partial charge in [0.15, 0.2) is 0 Å². The quantitative estimate of drug-likeness (QED) is 0.829. The third-order valence-electron chi connectivity index (χ3n) is 4.43. The molecule has 2 atom stereocenters. The second-order valence-electron chi connectivity index (χ2n) is 5.90. The standard InChI is InChI=1S/C18H16F3NO4/c1-8(20)13-9(4-3-5-10(13)21)14-15(17(23)25-2)11(6-19)22-12-7-26-18(24)16(12)14/h3-5,8,14,22H,6-7H2,1-2H3. The van der Waals surface area contributed by atoms with Crippen LogP contribution in [-0.2, 0) is 19.1 Å². The lowest BCUT2D eigenvalue weighted by Crippen LogP contribution is -2.32. The summed E-state index contributed by atoms with van der Waals surface area (Å²) in [4.78, 5) is 24.6. The highest BCUT2D eigenvalue weighted by molar-refractivity contribution is 6.01. The number of rotatable bonds is 4. The molecule has 2 aliphatic rings. The third kappa shape index (κ3) is 2.75. The lowest BCUT2D eigenvalue weighted by atomic mass is 9.78. The number of methoxy groups -OCH3 is 1. The number of cyclic esters (lactones) is 1. The van der Waals surface area contributed by atoms with Crippen molar-refractivity contribution < 1.29 is 32.2 Å². The number of nitrogens with one attached hydrogen (secondary N) is 1. The molecule has 0 bridgehead atoms. The molecule has 0 spiro atoms. The van der Waals surface area contributed by atoms with Gasteiger partial charge in [0.25, 0.3) is 0 Å². The Bertz CT molecular complexity index is 845. The summed E-state index contributed by atoms with van der Waals surface area (Å²) in [6.07, 6.45) is -1.71. The minimum atomic E-state index is -1.71. The second kappa shape index (κ2) is 6.86. The number of benzene rings is 1. The van der Waals surface area contributed by atoms with E-state index in [1.54, 1.807) is 0 Å². The average Bonchev–Trinajstić information content (AvgIpc) is 2.99. The Morgan fingerprint density at radius 1 is 1.46 bits per heavy atom. The fourth-order valence-corrected chi connectivity index (χ4v) is 3.37. The molecular weight excluding hydrogens is 351 g/mol. The SMILES string of the molecule is COC(=O)C1=C(CF)NC2=C(C(=O)OC2)C1c1cccc(F)c1C(C)F. The highest BCUT2D eigenvalue weighted by Gasteiger charge is 2.44. The average molecular weight is 367 g/mol. The van der Waals surface area contributed by atoms with E-state index in [1.165, 1.54) is 12.1 Å². The van der Waals surface area contributed by atoms with Gasteiger partial charge in [0, 0.05) is 5.56 Å². The van der Waals surface area contributed by atoms with Crippen LogP contribution >= 0.6 is 0 Å². The Hall–Kier alpha value is -2.77. The van der Waals surface area contributed by atoms with Gasteiger partial charge in [-0.05, 0) is 18.6 Å². The van der Waals surface area contributed by atoms with E-state index in [1.807, 2.05) is 0 Å². The molecule has 0 aromatic heterocycles. The van der Waals surface area contributed by atoms with E-state index in [2.05, 4.69) is 5.32 Å². The topological polar surface area (TPSA) is 64.6 Å². The molecule has 0 amide bonds. The zero-order chi connectivity index (χ0) is 19.0. The summed E-state index contributed by atoms with van der Waals surface area (Å²) in [6.45, 7) is -0.0526. The van der Waals surface area contributed by atoms with Crippen LogP contribution in [0.25, 0.3) is 0 Å². The Morgan fingerprint density at radius 2 is 2.19 bits per heavy atom. The van der Waals surface area contributed by atoms with Gasteiger partial charge in [0.2, 0.25) is 0 Å². The maximum Gasteiger partial charge on any atom is 0.337 e. The van der Waals surface area contributed by atoms with E-state index in [0.29, 0.717) is 0 Å². The van der Waals surface area contributed by atoms with Gasteiger partial charge in [0.05, 0.1) is 35.6 Å². The monoisotopic (exact) mass is 367 g/mol. The zero-order valence-corrected chi connectivity index (χ0v) is 14.1. The van der Waals surface area contributed by atoms with Crippen molar-refractivity contribution in [2.24, 2.45) is 0 Å². The van der Waals surface area contributed by atoms with Crippen LogP contribution in [0, 0.1) is 5.82 Å². The van der Waals surface area contributed by atoms with Gasteiger partial charge < -0.3 is 14.8 Å². The van der Waals surface area contributed by atoms with Gasteiger partial charge in [-0.3, -0.25) is 0 Å². The fourth-order valence-electron chi connectivity index (χ4n) is 3.37. The number of carbonyl (C=O) groups excluding carboxylic acids is 2. The van der Waals surface area contributed by atoms with Gasteiger partial charge in [0.1, 0.15) is 25.3 Å². The van der Waals surface area contributed by atoms with Crippen molar-refractivity contribution in [1.29, 1.82) is 0 Å². The molecule has 2 unspecified atom stereocenters. The lowest BCUT2D eigenvalue weighted by Gasteiger charge is -2.29. The molecule has 0 saturated heterocycles. The van der Waals surface area contributed by atoms with Crippen molar-refractivity contribution in [1.82, 2.24) is 5.32 Å². The highest BCUT2D eigenvalue weighted by Crippen LogP contribution is 2.44. The molecule has 2 heterocycles. The molecule has 26 heavy (non-hydrogen) atoms. The number of carbonyl (C=O) groups is 2. The maximum absolute atomic E-state index is 14.3. The summed E-state index contributed by atoms with van der Waals surface area (Å²) in [5.74, 6) is -3.65. The van der Waals surface area contributed by atoms with Gasteiger partial charge in [-0.25, -0.2) is 22.8 Å². The summed E-state index contributed by atoms with van der Waals surface area (Å²) < 4.78 is 51.7. The maximum atomic E-state index is 14.3. The van der Waals surface area contributed by atoms with Crippen molar-refractivity contribution in [3.05, 3.63) is 57.7 Å². The second-order valence-corrected chi connectivity index (χ2v) is 5.90. The van der Waals surface area contributed by atoms with E-state index in [-0.39, 0.29) is 40.3 Å². The van der Waals surface area contributed by atoms with Gasteiger partial charge in [-0.2, -0.15) is 0 Å². The van der Waals surface area contributed by atoms with Crippen LogP contribution in [0.5, 0.6) is 0 Å². The first kappa shape index (κ1) is 18.0. The van der Waals surface area contributed by atoms with Crippen molar-refractivity contribution >= 4 is 11.9 Å². The number of halogens is 3. The van der Waals surface area contributed by atoms with Gasteiger partial charge in [-0.1, -0.05) is 12.1 Å². The Morgan fingerprint density at radius 3 is 2.81 bits per heavy atom. The van der Waals surface area contributed by atoms with Gasteiger partial charge in [-0.15, -0.1) is 0 Å². The first-order valence-electron chi connectivity index (χ1n) is 7.87. The predicted octanol–water partition coefficient (Wildman–Crippen LogP) is 2.75. The van der Waals surface area contributed by atoms with Crippen molar-refractivity contribution in [2.45, 2.75) is 19.0 Å². The first-order chi connectivity index (χ1) is 12.4. The van der Waals surface area contributed by atoms with E-state index in [9.17, 15) is 22.8 Å². The molecule has 3 rings (SSSR count). The zero-order valence-electron chi connectivity index (χ0n) is 14.1. The largest absolute Gasteiger partial charge is 0.466 e.